The molecule has 0 atom stereocenters. The monoisotopic (exact) mass is 332 g/mol. The summed E-state index contributed by atoms with van der Waals surface area (Å²) in [5, 5.41) is 6.64. The fourth-order valence-corrected chi connectivity index (χ4v) is 2.17. The van der Waals surface area contributed by atoms with Crippen LogP contribution in [0.1, 0.15) is 22.3 Å². The number of nitrogens with one attached hydrogen (secondary N) is 2. The standard InChI is InChI=1S/C18H21ClN2O2/c1-20-10-3-11-21-18(22)15-4-2-5-17(12-15)23-13-14-6-8-16(19)9-7-14/h2,4-9,12,20H,3,10-11,13H2,1H3,(H,21,22). The number of carbonyl (C=O) groups excluding carboxylic acids is 1. The fourth-order valence-electron chi connectivity index (χ4n) is 2.04. The molecule has 0 aliphatic rings. The molecule has 0 saturated carbocycles. The second-order valence-corrected chi connectivity index (χ2v) is 5.59. The van der Waals surface area contributed by atoms with Gasteiger partial charge in [-0.15, -0.1) is 0 Å². The third-order valence-corrected chi connectivity index (χ3v) is 3.56. The molecule has 0 saturated heterocycles. The lowest BCUT2D eigenvalue weighted by Gasteiger charge is -2.09. The quantitative estimate of drug-likeness (QED) is 0.729. The van der Waals surface area contributed by atoms with Crippen molar-refractivity contribution in [2.24, 2.45) is 0 Å². The van der Waals surface area contributed by atoms with Crippen molar-refractivity contribution in [2.75, 3.05) is 20.1 Å². The molecule has 0 spiro atoms. The van der Waals surface area contributed by atoms with E-state index >= 15 is 0 Å². The number of ether oxygens (including phenoxy) is 1. The van der Waals surface area contributed by atoms with Crippen molar-refractivity contribution < 1.29 is 9.53 Å². The van der Waals surface area contributed by atoms with Crippen LogP contribution in [-0.4, -0.2) is 26.0 Å². The van der Waals surface area contributed by atoms with Gasteiger partial charge in [-0.05, 0) is 55.9 Å². The third kappa shape index (κ3) is 5.93. The second-order valence-electron chi connectivity index (χ2n) is 5.16. The number of rotatable bonds is 8. The van der Waals surface area contributed by atoms with Crippen LogP contribution in [0.15, 0.2) is 48.5 Å². The van der Waals surface area contributed by atoms with Gasteiger partial charge in [-0.25, -0.2) is 0 Å². The smallest absolute Gasteiger partial charge is 0.251 e. The highest BCUT2D eigenvalue weighted by Gasteiger charge is 2.06. The average Bonchev–Trinajstić information content (AvgIpc) is 2.58. The maximum atomic E-state index is 12.1. The first-order valence-electron chi connectivity index (χ1n) is 7.59. The maximum Gasteiger partial charge on any atom is 0.251 e. The molecule has 4 nitrogen and oxygen atoms in total. The molecule has 0 heterocycles. The van der Waals surface area contributed by atoms with Crippen LogP contribution in [-0.2, 0) is 6.61 Å². The van der Waals surface area contributed by atoms with E-state index in [1.54, 1.807) is 12.1 Å². The Labute approximate surface area is 141 Å². The molecule has 2 rings (SSSR count). The van der Waals surface area contributed by atoms with E-state index < -0.39 is 0 Å². The normalized spacial score (nSPS) is 10.3. The summed E-state index contributed by atoms with van der Waals surface area (Å²) in [5.74, 6) is 0.584. The highest BCUT2D eigenvalue weighted by molar-refractivity contribution is 6.30. The number of amides is 1. The van der Waals surface area contributed by atoms with Crippen LogP contribution >= 0.6 is 11.6 Å². The van der Waals surface area contributed by atoms with Gasteiger partial charge in [-0.2, -0.15) is 0 Å². The molecule has 0 fully saturated rings. The van der Waals surface area contributed by atoms with E-state index in [-0.39, 0.29) is 5.91 Å². The SMILES string of the molecule is CNCCCNC(=O)c1cccc(OCc2ccc(Cl)cc2)c1. The molecule has 5 heteroatoms. The summed E-state index contributed by atoms with van der Waals surface area (Å²) in [4.78, 5) is 12.1. The summed E-state index contributed by atoms with van der Waals surface area (Å²) in [6, 6.07) is 14.7. The van der Waals surface area contributed by atoms with Gasteiger partial charge in [-0.3, -0.25) is 4.79 Å². The predicted molar refractivity (Wildman–Crippen MR) is 93.1 cm³/mol. The molecule has 0 aliphatic carbocycles. The van der Waals surface area contributed by atoms with Gasteiger partial charge < -0.3 is 15.4 Å². The van der Waals surface area contributed by atoms with Crippen LogP contribution < -0.4 is 15.4 Å². The molecule has 1 amide bonds. The van der Waals surface area contributed by atoms with Crippen LogP contribution in [0.25, 0.3) is 0 Å². The van der Waals surface area contributed by atoms with Gasteiger partial charge >= 0.3 is 0 Å². The van der Waals surface area contributed by atoms with Crippen molar-refractivity contribution in [3.05, 3.63) is 64.7 Å². The Morgan fingerprint density at radius 2 is 1.91 bits per heavy atom. The van der Waals surface area contributed by atoms with Gasteiger partial charge in [0.15, 0.2) is 0 Å². The fraction of sp³-hybridized carbons (Fsp3) is 0.278. The Hall–Kier alpha value is -2.04. The zero-order valence-electron chi connectivity index (χ0n) is 13.1. The maximum absolute atomic E-state index is 12.1. The number of benzene rings is 2. The van der Waals surface area contributed by atoms with E-state index in [9.17, 15) is 4.79 Å². The van der Waals surface area contributed by atoms with Crippen LogP contribution in [0, 0.1) is 0 Å². The third-order valence-electron chi connectivity index (χ3n) is 3.30. The van der Waals surface area contributed by atoms with E-state index in [1.165, 1.54) is 0 Å². The Balaban J connectivity index is 1.88. The summed E-state index contributed by atoms with van der Waals surface area (Å²) in [6.07, 6.45) is 0.898. The van der Waals surface area contributed by atoms with Crippen molar-refractivity contribution in [3.63, 3.8) is 0 Å². The molecule has 0 bridgehead atoms. The largest absolute Gasteiger partial charge is 0.489 e. The molecule has 0 aromatic heterocycles. The molecular weight excluding hydrogens is 312 g/mol. The molecule has 0 radical (unpaired) electrons. The Bertz CT molecular complexity index is 629. The van der Waals surface area contributed by atoms with E-state index in [0.717, 1.165) is 18.5 Å². The lowest BCUT2D eigenvalue weighted by Crippen LogP contribution is -2.26. The van der Waals surface area contributed by atoms with E-state index in [1.807, 2.05) is 43.4 Å². The van der Waals surface area contributed by atoms with Crippen molar-refractivity contribution in [3.8, 4) is 5.75 Å². The first kappa shape index (κ1) is 17.3. The van der Waals surface area contributed by atoms with E-state index in [4.69, 9.17) is 16.3 Å². The van der Waals surface area contributed by atoms with Crippen LogP contribution in [0.3, 0.4) is 0 Å². The van der Waals surface area contributed by atoms with Gasteiger partial charge in [0.25, 0.3) is 5.91 Å². The lowest BCUT2D eigenvalue weighted by molar-refractivity contribution is 0.0953. The van der Waals surface area contributed by atoms with Crippen molar-refractivity contribution in [2.45, 2.75) is 13.0 Å². The van der Waals surface area contributed by atoms with Gasteiger partial charge in [-0.1, -0.05) is 29.8 Å². The molecule has 2 N–H and O–H groups in total. The molecule has 0 unspecified atom stereocenters. The Morgan fingerprint density at radius 3 is 2.65 bits per heavy atom. The minimum absolute atomic E-state index is 0.0851. The average molecular weight is 333 g/mol. The van der Waals surface area contributed by atoms with Gasteiger partial charge in [0, 0.05) is 17.1 Å². The van der Waals surface area contributed by atoms with Gasteiger partial charge in [0.2, 0.25) is 0 Å². The number of hydrogen-bond acceptors (Lipinski definition) is 3. The Morgan fingerprint density at radius 1 is 1.13 bits per heavy atom. The number of hydrogen-bond donors (Lipinski definition) is 2. The first-order chi connectivity index (χ1) is 11.2. The molecule has 0 aliphatic heterocycles. The highest BCUT2D eigenvalue weighted by atomic mass is 35.5. The summed E-state index contributed by atoms with van der Waals surface area (Å²) in [7, 11) is 1.89. The highest BCUT2D eigenvalue weighted by Crippen LogP contribution is 2.16. The van der Waals surface area contributed by atoms with Crippen LogP contribution in [0.4, 0.5) is 0 Å². The lowest BCUT2D eigenvalue weighted by atomic mass is 10.2. The van der Waals surface area contributed by atoms with E-state index in [2.05, 4.69) is 10.6 Å². The summed E-state index contributed by atoms with van der Waals surface area (Å²) >= 11 is 5.86. The second kappa shape index (κ2) is 9.18. The molecule has 2 aromatic rings. The molecule has 2 aromatic carbocycles. The summed E-state index contributed by atoms with van der Waals surface area (Å²) < 4.78 is 5.73. The molecule has 122 valence electrons. The van der Waals surface area contributed by atoms with Crippen LogP contribution in [0.5, 0.6) is 5.75 Å². The van der Waals surface area contributed by atoms with Crippen molar-refractivity contribution >= 4 is 17.5 Å². The Kier molecular flexibility index (Phi) is 6.91. The first-order valence-corrected chi connectivity index (χ1v) is 7.97. The zero-order valence-corrected chi connectivity index (χ0v) is 13.9. The zero-order chi connectivity index (χ0) is 16.5. The van der Waals surface area contributed by atoms with Crippen molar-refractivity contribution in [1.82, 2.24) is 10.6 Å². The number of carbonyl (C=O) groups is 1. The minimum Gasteiger partial charge on any atom is -0.489 e. The topological polar surface area (TPSA) is 50.4 Å². The summed E-state index contributed by atoms with van der Waals surface area (Å²) in [5.41, 5.74) is 1.62. The van der Waals surface area contributed by atoms with Crippen LogP contribution in [0.2, 0.25) is 5.02 Å². The minimum atomic E-state index is -0.0851. The predicted octanol–water partition coefficient (Wildman–Crippen LogP) is 3.26. The van der Waals surface area contributed by atoms with Gasteiger partial charge in [0.1, 0.15) is 12.4 Å². The number of halogens is 1. The van der Waals surface area contributed by atoms with Crippen molar-refractivity contribution in [1.29, 1.82) is 0 Å². The molecule has 23 heavy (non-hydrogen) atoms. The molecular formula is C18H21ClN2O2. The summed E-state index contributed by atoms with van der Waals surface area (Å²) in [6.45, 7) is 1.96. The van der Waals surface area contributed by atoms with Gasteiger partial charge in [0.05, 0.1) is 0 Å². The van der Waals surface area contributed by atoms with E-state index in [0.29, 0.717) is 29.5 Å².